The highest BCUT2D eigenvalue weighted by molar-refractivity contribution is 7.99. The van der Waals surface area contributed by atoms with E-state index in [9.17, 15) is 0 Å². The molecule has 0 amide bonds. The molecule has 0 aromatic carbocycles. The van der Waals surface area contributed by atoms with Gasteiger partial charge in [-0.15, -0.1) is 0 Å². The second-order valence-electron chi connectivity index (χ2n) is 6.60. The molecular weight excluding hydrogens is 240 g/mol. The van der Waals surface area contributed by atoms with Crippen molar-refractivity contribution in [2.45, 2.75) is 51.0 Å². The molecule has 0 radical (unpaired) electrons. The molecule has 0 unspecified atom stereocenters. The zero-order chi connectivity index (χ0) is 12.3. The Morgan fingerprint density at radius 2 is 1.89 bits per heavy atom. The van der Waals surface area contributed by atoms with Gasteiger partial charge in [0.2, 0.25) is 0 Å². The molecule has 3 heteroatoms. The van der Waals surface area contributed by atoms with E-state index in [0.29, 0.717) is 5.41 Å². The fourth-order valence-electron chi connectivity index (χ4n) is 3.59. The lowest BCUT2D eigenvalue weighted by atomic mass is 9.85. The third-order valence-corrected chi connectivity index (χ3v) is 5.93. The predicted molar refractivity (Wildman–Crippen MR) is 80.3 cm³/mol. The average Bonchev–Trinajstić information content (AvgIpc) is 3.14. The minimum absolute atomic E-state index is 0.623. The van der Waals surface area contributed by atoms with Crippen LogP contribution in [0.15, 0.2) is 0 Å². The van der Waals surface area contributed by atoms with Gasteiger partial charge in [0.1, 0.15) is 0 Å². The van der Waals surface area contributed by atoms with E-state index in [0.717, 1.165) is 6.04 Å². The highest BCUT2D eigenvalue weighted by Gasteiger charge is 2.36. The van der Waals surface area contributed by atoms with Crippen LogP contribution in [0.25, 0.3) is 0 Å². The zero-order valence-corrected chi connectivity index (χ0v) is 12.4. The quantitative estimate of drug-likeness (QED) is 0.825. The van der Waals surface area contributed by atoms with Crippen molar-refractivity contribution in [2.24, 2.45) is 5.41 Å². The molecule has 2 aliphatic carbocycles. The summed E-state index contributed by atoms with van der Waals surface area (Å²) in [6.07, 6.45) is 10.1. The number of thioether (sulfide) groups is 1. The fourth-order valence-corrected chi connectivity index (χ4v) is 4.52. The SMILES string of the molecule is C1CSCCN(CC2(CNC3CC3)CCCC2)C1. The van der Waals surface area contributed by atoms with Crippen LogP contribution in [-0.2, 0) is 0 Å². The van der Waals surface area contributed by atoms with Crippen LogP contribution in [0.2, 0.25) is 0 Å². The summed E-state index contributed by atoms with van der Waals surface area (Å²) in [5, 5.41) is 3.81. The Morgan fingerprint density at radius 3 is 2.67 bits per heavy atom. The maximum absolute atomic E-state index is 3.81. The molecule has 3 rings (SSSR count). The van der Waals surface area contributed by atoms with Crippen molar-refractivity contribution in [3.05, 3.63) is 0 Å². The van der Waals surface area contributed by atoms with Crippen molar-refractivity contribution in [3.63, 3.8) is 0 Å². The van der Waals surface area contributed by atoms with E-state index >= 15 is 0 Å². The first-order valence-electron chi connectivity index (χ1n) is 7.90. The van der Waals surface area contributed by atoms with Crippen molar-refractivity contribution in [1.29, 1.82) is 0 Å². The lowest BCUT2D eigenvalue weighted by Crippen LogP contribution is -2.43. The molecule has 3 aliphatic rings. The highest BCUT2D eigenvalue weighted by atomic mass is 32.2. The van der Waals surface area contributed by atoms with Crippen LogP contribution >= 0.6 is 11.8 Å². The van der Waals surface area contributed by atoms with E-state index in [1.54, 1.807) is 0 Å². The summed E-state index contributed by atoms with van der Waals surface area (Å²) in [6.45, 7) is 5.34. The van der Waals surface area contributed by atoms with Gasteiger partial charge in [0, 0.05) is 31.4 Å². The van der Waals surface area contributed by atoms with Crippen molar-refractivity contribution in [1.82, 2.24) is 10.2 Å². The Labute approximate surface area is 116 Å². The summed E-state index contributed by atoms with van der Waals surface area (Å²) in [6, 6.07) is 0.877. The van der Waals surface area contributed by atoms with E-state index in [-0.39, 0.29) is 0 Å². The highest BCUT2D eigenvalue weighted by Crippen LogP contribution is 2.39. The Bertz CT molecular complexity index is 251. The molecule has 2 saturated carbocycles. The first-order chi connectivity index (χ1) is 8.86. The van der Waals surface area contributed by atoms with E-state index in [4.69, 9.17) is 0 Å². The second kappa shape index (κ2) is 6.15. The second-order valence-corrected chi connectivity index (χ2v) is 7.83. The van der Waals surface area contributed by atoms with Crippen LogP contribution in [0, 0.1) is 5.41 Å². The summed E-state index contributed by atoms with van der Waals surface area (Å²) < 4.78 is 0. The molecule has 1 heterocycles. The van der Waals surface area contributed by atoms with E-state index < -0.39 is 0 Å². The number of nitrogens with one attached hydrogen (secondary N) is 1. The number of nitrogens with zero attached hydrogens (tertiary/aromatic N) is 1. The molecular formula is C15H28N2S. The number of hydrogen-bond donors (Lipinski definition) is 1. The first kappa shape index (κ1) is 13.3. The Kier molecular flexibility index (Phi) is 4.53. The molecule has 0 atom stereocenters. The van der Waals surface area contributed by atoms with Crippen LogP contribution in [0.5, 0.6) is 0 Å². The van der Waals surface area contributed by atoms with Crippen LogP contribution in [0.3, 0.4) is 0 Å². The Morgan fingerprint density at radius 1 is 1.06 bits per heavy atom. The molecule has 2 nitrogen and oxygen atoms in total. The first-order valence-corrected chi connectivity index (χ1v) is 9.05. The Balaban J connectivity index is 1.53. The standard InChI is InChI=1S/C15H28N2S/c1-2-7-15(6-1,12-16-14-4-5-14)13-17-8-3-10-18-11-9-17/h14,16H,1-13H2. The summed E-state index contributed by atoms with van der Waals surface area (Å²) in [5.41, 5.74) is 0.623. The van der Waals surface area contributed by atoms with Gasteiger partial charge in [-0.3, -0.25) is 0 Å². The van der Waals surface area contributed by atoms with Crippen molar-refractivity contribution >= 4 is 11.8 Å². The molecule has 0 aromatic heterocycles. The van der Waals surface area contributed by atoms with Gasteiger partial charge in [-0.1, -0.05) is 12.8 Å². The largest absolute Gasteiger partial charge is 0.313 e. The maximum Gasteiger partial charge on any atom is 0.00726 e. The lowest BCUT2D eigenvalue weighted by molar-refractivity contribution is 0.156. The third-order valence-electron chi connectivity index (χ3n) is 4.88. The fraction of sp³-hybridized carbons (Fsp3) is 1.00. The van der Waals surface area contributed by atoms with Gasteiger partial charge in [0.15, 0.2) is 0 Å². The van der Waals surface area contributed by atoms with Gasteiger partial charge >= 0.3 is 0 Å². The molecule has 0 aromatic rings. The summed E-state index contributed by atoms with van der Waals surface area (Å²) in [4.78, 5) is 2.76. The van der Waals surface area contributed by atoms with E-state index in [1.165, 1.54) is 82.6 Å². The smallest absolute Gasteiger partial charge is 0.00726 e. The monoisotopic (exact) mass is 268 g/mol. The minimum atomic E-state index is 0.623. The van der Waals surface area contributed by atoms with E-state index in [2.05, 4.69) is 22.0 Å². The molecule has 1 saturated heterocycles. The maximum atomic E-state index is 3.81. The number of rotatable bonds is 5. The molecule has 0 bridgehead atoms. The van der Waals surface area contributed by atoms with Gasteiger partial charge in [-0.2, -0.15) is 11.8 Å². The molecule has 0 spiro atoms. The Hall–Kier alpha value is 0.270. The molecule has 104 valence electrons. The third kappa shape index (κ3) is 3.64. The van der Waals surface area contributed by atoms with Crippen LogP contribution in [-0.4, -0.2) is 48.6 Å². The summed E-state index contributed by atoms with van der Waals surface area (Å²) >= 11 is 2.15. The predicted octanol–water partition coefficient (Wildman–Crippen LogP) is 2.74. The molecule has 3 fully saturated rings. The summed E-state index contributed by atoms with van der Waals surface area (Å²) in [7, 11) is 0. The molecule has 1 N–H and O–H groups in total. The van der Waals surface area contributed by atoms with Crippen LogP contribution in [0.1, 0.15) is 44.9 Å². The van der Waals surface area contributed by atoms with Crippen molar-refractivity contribution in [3.8, 4) is 0 Å². The number of hydrogen-bond acceptors (Lipinski definition) is 3. The molecule has 1 aliphatic heterocycles. The van der Waals surface area contributed by atoms with Gasteiger partial charge in [0.05, 0.1) is 0 Å². The van der Waals surface area contributed by atoms with Crippen molar-refractivity contribution in [2.75, 3.05) is 37.7 Å². The molecule has 18 heavy (non-hydrogen) atoms. The van der Waals surface area contributed by atoms with Crippen molar-refractivity contribution < 1.29 is 0 Å². The minimum Gasteiger partial charge on any atom is -0.313 e. The van der Waals surface area contributed by atoms with Crippen LogP contribution < -0.4 is 5.32 Å². The normalized spacial score (nSPS) is 29.3. The topological polar surface area (TPSA) is 15.3 Å². The average molecular weight is 268 g/mol. The van der Waals surface area contributed by atoms with Crippen LogP contribution in [0.4, 0.5) is 0 Å². The van der Waals surface area contributed by atoms with Gasteiger partial charge in [-0.05, 0) is 49.8 Å². The lowest BCUT2D eigenvalue weighted by Gasteiger charge is -2.35. The van der Waals surface area contributed by atoms with Gasteiger partial charge < -0.3 is 10.2 Å². The van der Waals surface area contributed by atoms with Gasteiger partial charge in [-0.25, -0.2) is 0 Å². The zero-order valence-electron chi connectivity index (χ0n) is 11.6. The summed E-state index contributed by atoms with van der Waals surface area (Å²) in [5.74, 6) is 2.73. The van der Waals surface area contributed by atoms with E-state index in [1.807, 2.05) is 0 Å². The van der Waals surface area contributed by atoms with Gasteiger partial charge in [0.25, 0.3) is 0 Å².